The van der Waals surface area contributed by atoms with Gasteiger partial charge < -0.3 is 4.74 Å². The molecule has 1 rings (SSSR count). The summed E-state index contributed by atoms with van der Waals surface area (Å²) >= 11 is 0. The third-order valence-corrected chi connectivity index (χ3v) is 3.96. The monoisotopic (exact) mass is 297 g/mol. The van der Waals surface area contributed by atoms with E-state index in [4.69, 9.17) is 0 Å². The highest BCUT2D eigenvalue weighted by Crippen LogP contribution is 2.29. The summed E-state index contributed by atoms with van der Waals surface area (Å²) in [5.74, 6) is -0.745. The number of alkyl halides is 3. The second-order valence-corrected chi connectivity index (χ2v) is 5.61. The van der Waals surface area contributed by atoms with Crippen molar-refractivity contribution in [2.45, 2.75) is 37.6 Å². The maximum Gasteiger partial charge on any atom is 0.573 e. The number of rotatable bonds is 5. The van der Waals surface area contributed by atoms with E-state index in [1.54, 1.807) is 13.8 Å². The Bertz CT molecular complexity index is 528. The van der Waals surface area contributed by atoms with E-state index >= 15 is 0 Å². The number of sulfonamides is 1. The lowest BCUT2D eigenvalue weighted by atomic mass is 10.3. The van der Waals surface area contributed by atoms with E-state index in [0.29, 0.717) is 6.42 Å². The quantitative estimate of drug-likeness (QED) is 0.909. The van der Waals surface area contributed by atoms with Crippen LogP contribution in [-0.2, 0) is 10.0 Å². The Hall–Kier alpha value is -1.28. The summed E-state index contributed by atoms with van der Waals surface area (Å²) < 4.78 is 66.5. The van der Waals surface area contributed by atoms with E-state index in [2.05, 4.69) is 9.46 Å². The summed E-state index contributed by atoms with van der Waals surface area (Å²) in [5.41, 5.74) is 0. The molecule has 0 unspecified atom stereocenters. The molecule has 0 fully saturated rings. The van der Waals surface area contributed by atoms with Gasteiger partial charge in [-0.05, 0) is 25.5 Å². The molecule has 4 nitrogen and oxygen atoms in total. The maximum atomic E-state index is 12.2. The molecule has 0 saturated carbocycles. The zero-order valence-electron chi connectivity index (χ0n) is 10.4. The summed E-state index contributed by atoms with van der Waals surface area (Å²) in [6, 6.07) is 4.23. The van der Waals surface area contributed by atoms with Crippen LogP contribution in [0, 0.1) is 0 Å². The molecule has 0 aromatic heterocycles. The van der Waals surface area contributed by atoms with E-state index in [1.807, 2.05) is 0 Å². The molecule has 1 aromatic carbocycles. The van der Waals surface area contributed by atoms with Crippen LogP contribution in [0.4, 0.5) is 13.2 Å². The molecule has 108 valence electrons. The van der Waals surface area contributed by atoms with Gasteiger partial charge in [0, 0.05) is 6.04 Å². The molecule has 8 heteroatoms. The Morgan fingerprint density at radius 3 is 2.42 bits per heavy atom. The van der Waals surface area contributed by atoms with E-state index < -0.39 is 27.0 Å². The van der Waals surface area contributed by atoms with Gasteiger partial charge >= 0.3 is 6.36 Å². The molecule has 1 aromatic rings. The van der Waals surface area contributed by atoms with Gasteiger partial charge in [-0.25, -0.2) is 13.1 Å². The van der Waals surface area contributed by atoms with Gasteiger partial charge in [-0.1, -0.05) is 19.1 Å². The number of hydrogen-bond donors (Lipinski definition) is 1. The first kappa shape index (κ1) is 15.8. The largest absolute Gasteiger partial charge is 0.573 e. The molecule has 19 heavy (non-hydrogen) atoms. The number of hydrogen-bond acceptors (Lipinski definition) is 3. The highest BCUT2D eigenvalue weighted by Gasteiger charge is 2.34. The van der Waals surface area contributed by atoms with Gasteiger partial charge in [-0.3, -0.25) is 0 Å². The smallest absolute Gasteiger partial charge is 0.404 e. The molecule has 0 spiro atoms. The number of benzene rings is 1. The number of halogens is 3. The molecule has 0 saturated heterocycles. The fraction of sp³-hybridized carbons (Fsp3) is 0.455. The van der Waals surface area contributed by atoms with Crippen LogP contribution in [0.2, 0.25) is 0 Å². The zero-order valence-corrected chi connectivity index (χ0v) is 11.2. The molecule has 0 amide bonds. The SMILES string of the molecule is CC[C@@H](C)NS(=O)(=O)c1ccccc1OC(F)(F)F. The van der Waals surface area contributed by atoms with E-state index in [1.165, 1.54) is 12.1 Å². The van der Waals surface area contributed by atoms with E-state index in [9.17, 15) is 21.6 Å². The Kier molecular flexibility index (Phi) is 4.81. The van der Waals surface area contributed by atoms with E-state index in [0.717, 1.165) is 12.1 Å². The molecule has 0 bridgehead atoms. The molecule has 1 N–H and O–H groups in total. The summed E-state index contributed by atoms with van der Waals surface area (Å²) in [4.78, 5) is -0.535. The summed E-state index contributed by atoms with van der Waals surface area (Å²) in [5, 5.41) is 0. The average molecular weight is 297 g/mol. The molecule has 0 radical (unpaired) electrons. The van der Waals surface area contributed by atoms with Crippen molar-refractivity contribution < 1.29 is 26.3 Å². The van der Waals surface area contributed by atoms with Crippen molar-refractivity contribution in [3.63, 3.8) is 0 Å². The molecular weight excluding hydrogens is 283 g/mol. The molecule has 1 atom stereocenters. The topological polar surface area (TPSA) is 55.4 Å². The van der Waals surface area contributed by atoms with Crippen LogP contribution in [0.3, 0.4) is 0 Å². The Balaban J connectivity index is 3.13. The Morgan fingerprint density at radius 1 is 1.32 bits per heavy atom. The van der Waals surface area contributed by atoms with Gasteiger partial charge in [0.2, 0.25) is 10.0 Å². The van der Waals surface area contributed by atoms with Crippen LogP contribution in [0.15, 0.2) is 29.2 Å². The summed E-state index contributed by atoms with van der Waals surface area (Å²) in [7, 11) is -4.05. The van der Waals surface area contributed by atoms with Crippen molar-refractivity contribution in [1.82, 2.24) is 4.72 Å². The highest BCUT2D eigenvalue weighted by atomic mass is 32.2. The van der Waals surface area contributed by atoms with Crippen molar-refractivity contribution in [3.8, 4) is 5.75 Å². The predicted molar refractivity (Wildman–Crippen MR) is 63.2 cm³/mol. The molecular formula is C11H14F3NO3S. The molecule has 0 aliphatic heterocycles. The van der Waals surface area contributed by atoms with Gasteiger partial charge in [0.25, 0.3) is 0 Å². The van der Waals surface area contributed by atoms with Crippen LogP contribution >= 0.6 is 0 Å². The number of nitrogens with one attached hydrogen (secondary N) is 1. The second kappa shape index (κ2) is 5.79. The fourth-order valence-corrected chi connectivity index (χ4v) is 2.75. The van der Waals surface area contributed by atoms with Gasteiger partial charge in [-0.15, -0.1) is 13.2 Å². The lowest BCUT2D eigenvalue weighted by Crippen LogP contribution is -2.32. The first-order chi connectivity index (χ1) is 8.65. The van der Waals surface area contributed by atoms with Gasteiger partial charge in [-0.2, -0.15) is 0 Å². The van der Waals surface area contributed by atoms with Gasteiger partial charge in [0.15, 0.2) is 0 Å². The van der Waals surface area contributed by atoms with Crippen molar-refractivity contribution in [3.05, 3.63) is 24.3 Å². The minimum absolute atomic E-state index is 0.385. The molecule has 0 heterocycles. The normalized spacial score (nSPS) is 14.2. The van der Waals surface area contributed by atoms with Crippen molar-refractivity contribution in [1.29, 1.82) is 0 Å². The number of para-hydroxylation sites is 1. The first-order valence-electron chi connectivity index (χ1n) is 5.53. The first-order valence-corrected chi connectivity index (χ1v) is 7.01. The highest BCUT2D eigenvalue weighted by molar-refractivity contribution is 7.89. The van der Waals surface area contributed by atoms with Crippen molar-refractivity contribution in [2.24, 2.45) is 0 Å². The number of ether oxygens (including phenoxy) is 1. The average Bonchev–Trinajstić information content (AvgIpc) is 2.26. The standard InChI is InChI=1S/C11H14F3NO3S/c1-3-8(2)15-19(16,17)10-7-5-4-6-9(10)18-11(12,13)14/h4-8,15H,3H2,1-2H3/t8-/m1/s1. The Labute approximate surface area is 109 Å². The lowest BCUT2D eigenvalue weighted by Gasteiger charge is -2.16. The third kappa shape index (κ3) is 4.71. The van der Waals surface area contributed by atoms with E-state index in [-0.39, 0.29) is 6.04 Å². The predicted octanol–water partition coefficient (Wildman–Crippen LogP) is 2.66. The summed E-state index contributed by atoms with van der Waals surface area (Å²) in [6.45, 7) is 3.37. The van der Waals surface area contributed by atoms with Crippen molar-refractivity contribution >= 4 is 10.0 Å². The van der Waals surface area contributed by atoms with Crippen molar-refractivity contribution in [2.75, 3.05) is 0 Å². The van der Waals surface area contributed by atoms with Crippen LogP contribution in [-0.4, -0.2) is 20.8 Å². The fourth-order valence-electron chi connectivity index (χ4n) is 1.29. The van der Waals surface area contributed by atoms with Crippen LogP contribution in [0.25, 0.3) is 0 Å². The third-order valence-electron chi connectivity index (χ3n) is 2.33. The minimum Gasteiger partial charge on any atom is -0.404 e. The molecule has 0 aliphatic rings. The van der Waals surface area contributed by atoms with Gasteiger partial charge in [0.1, 0.15) is 10.6 Å². The van der Waals surface area contributed by atoms with Crippen LogP contribution in [0.5, 0.6) is 5.75 Å². The Morgan fingerprint density at radius 2 is 1.89 bits per heavy atom. The molecule has 0 aliphatic carbocycles. The second-order valence-electron chi connectivity index (χ2n) is 3.93. The summed E-state index contributed by atoms with van der Waals surface area (Å²) in [6.07, 6.45) is -4.43. The van der Waals surface area contributed by atoms with Crippen LogP contribution < -0.4 is 9.46 Å². The minimum atomic E-state index is -4.94. The zero-order chi connectivity index (χ0) is 14.7. The van der Waals surface area contributed by atoms with Gasteiger partial charge in [0.05, 0.1) is 0 Å². The lowest BCUT2D eigenvalue weighted by molar-refractivity contribution is -0.275. The van der Waals surface area contributed by atoms with Crippen LogP contribution in [0.1, 0.15) is 20.3 Å². The maximum absolute atomic E-state index is 12.2.